The van der Waals surface area contributed by atoms with Crippen molar-refractivity contribution in [2.24, 2.45) is 0 Å². The van der Waals surface area contributed by atoms with E-state index in [1.165, 1.54) is 29.3 Å². The van der Waals surface area contributed by atoms with Crippen molar-refractivity contribution in [2.75, 3.05) is 14.1 Å². The van der Waals surface area contributed by atoms with E-state index in [1.807, 2.05) is 0 Å². The van der Waals surface area contributed by atoms with Gasteiger partial charge in [-0.2, -0.15) is 0 Å². The first-order valence-corrected chi connectivity index (χ1v) is 6.16. The number of benzene rings is 1. The van der Waals surface area contributed by atoms with Gasteiger partial charge in [0.25, 0.3) is 5.91 Å². The second kappa shape index (κ2) is 5.88. The van der Waals surface area contributed by atoms with Crippen LogP contribution < -0.4 is 4.74 Å². The van der Waals surface area contributed by atoms with Gasteiger partial charge in [-0.15, -0.1) is 0 Å². The van der Waals surface area contributed by atoms with E-state index in [0.29, 0.717) is 17.2 Å². The fraction of sp³-hybridized carbons (Fsp3) is 0.143. The Morgan fingerprint density at radius 2 is 2.05 bits per heavy atom. The summed E-state index contributed by atoms with van der Waals surface area (Å²) >= 11 is 5.66. The maximum atomic E-state index is 13.0. The van der Waals surface area contributed by atoms with Gasteiger partial charge in [-0.05, 0) is 18.2 Å². The number of pyridine rings is 1. The van der Waals surface area contributed by atoms with Crippen LogP contribution >= 0.6 is 11.6 Å². The summed E-state index contributed by atoms with van der Waals surface area (Å²) in [6.07, 6.45) is 1.42. The van der Waals surface area contributed by atoms with E-state index in [0.717, 1.165) is 0 Å². The first-order chi connectivity index (χ1) is 9.47. The van der Waals surface area contributed by atoms with Crippen LogP contribution in [0.25, 0.3) is 0 Å². The molecule has 20 heavy (non-hydrogen) atoms. The summed E-state index contributed by atoms with van der Waals surface area (Å²) in [5.74, 6) is 0.00588. The maximum Gasteiger partial charge on any atom is 0.254 e. The Morgan fingerprint density at radius 1 is 1.30 bits per heavy atom. The molecule has 6 heteroatoms. The molecule has 1 amide bonds. The number of hydrogen-bond donors (Lipinski definition) is 0. The lowest BCUT2D eigenvalue weighted by Gasteiger charge is -2.10. The van der Waals surface area contributed by atoms with Gasteiger partial charge >= 0.3 is 0 Å². The first kappa shape index (κ1) is 14.3. The largest absolute Gasteiger partial charge is 0.439 e. The SMILES string of the molecule is CN(C)C(=O)c1ccc(Oc2ccc(F)c(Cl)c2)nc1. The Balaban J connectivity index is 2.14. The van der Waals surface area contributed by atoms with Crippen molar-refractivity contribution in [3.05, 3.63) is 52.9 Å². The van der Waals surface area contributed by atoms with Gasteiger partial charge in [-0.1, -0.05) is 11.6 Å². The summed E-state index contributed by atoms with van der Waals surface area (Å²) in [7, 11) is 3.32. The molecule has 0 unspecified atom stereocenters. The van der Waals surface area contributed by atoms with Crippen LogP contribution in [0.2, 0.25) is 5.02 Å². The Hall–Kier alpha value is -2.14. The van der Waals surface area contributed by atoms with E-state index in [-0.39, 0.29) is 10.9 Å². The van der Waals surface area contributed by atoms with Gasteiger partial charge in [0, 0.05) is 32.4 Å². The molecule has 1 aromatic carbocycles. The molecule has 0 aliphatic carbocycles. The van der Waals surface area contributed by atoms with E-state index >= 15 is 0 Å². The molecule has 0 saturated heterocycles. The summed E-state index contributed by atoms with van der Waals surface area (Å²) in [5.41, 5.74) is 0.458. The minimum absolute atomic E-state index is 0.0260. The zero-order chi connectivity index (χ0) is 14.7. The summed E-state index contributed by atoms with van der Waals surface area (Å²) in [4.78, 5) is 17.2. The quantitative estimate of drug-likeness (QED) is 0.871. The lowest BCUT2D eigenvalue weighted by Crippen LogP contribution is -2.21. The van der Waals surface area contributed by atoms with Crippen LogP contribution in [-0.4, -0.2) is 29.9 Å². The highest BCUT2D eigenvalue weighted by atomic mass is 35.5. The minimum Gasteiger partial charge on any atom is -0.439 e. The number of carbonyl (C=O) groups is 1. The number of nitrogens with zero attached hydrogens (tertiary/aromatic N) is 2. The van der Waals surface area contributed by atoms with Gasteiger partial charge in [0.2, 0.25) is 5.88 Å². The summed E-state index contributed by atoms with van der Waals surface area (Å²) in [6, 6.07) is 7.19. The van der Waals surface area contributed by atoms with Crippen molar-refractivity contribution in [1.82, 2.24) is 9.88 Å². The molecule has 1 heterocycles. The molecule has 2 rings (SSSR count). The number of rotatable bonds is 3. The first-order valence-electron chi connectivity index (χ1n) is 5.78. The maximum absolute atomic E-state index is 13.0. The second-order valence-corrected chi connectivity index (χ2v) is 4.67. The Bertz CT molecular complexity index is 630. The summed E-state index contributed by atoms with van der Waals surface area (Å²) < 4.78 is 18.4. The van der Waals surface area contributed by atoms with E-state index in [2.05, 4.69) is 4.98 Å². The Morgan fingerprint density at radius 3 is 2.60 bits per heavy atom. The zero-order valence-electron chi connectivity index (χ0n) is 10.9. The third kappa shape index (κ3) is 3.24. The van der Waals surface area contributed by atoms with Gasteiger partial charge in [0.15, 0.2) is 0 Å². The fourth-order valence-electron chi connectivity index (χ4n) is 1.49. The third-order valence-electron chi connectivity index (χ3n) is 2.50. The van der Waals surface area contributed by atoms with Crippen LogP contribution in [0.1, 0.15) is 10.4 Å². The number of carbonyl (C=O) groups excluding carboxylic acids is 1. The molecule has 0 N–H and O–H groups in total. The van der Waals surface area contributed by atoms with Gasteiger partial charge in [-0.3, -0.25) is 4.79 Å². The Labute approximate surface area is 120 Å². The van der Waals surface area contributed by atoms with Crippen LogP contribution in [0.15, 0.2) is 36.5 Å². The average molecular weight is 295 g/mol. The van der Waals surface area contributed by atoms with Gasteiger partial charge < -0.3 is 9.64 Å². The number of hydrogen-bond acceptors (Lipinski definition) is 3. The fourth-order valence-corrected chi connectivity index (χ4v) is 1.66. The smallest absolute Gasteiger partial charge is 0.254 e. The molecule has 0 spiro atoms. The van der Waals surface area contributed by atoms with Crippen molar-refractivity contribution in [1.29, 1.82) is 0 Å². The molecular weight excluding hydrogens is 283 g/mol. The summed E-state index contributed by atoms with van der Waals surface area (Å²) in [5, 5.41) is -0.0260. The topological polar surface area (TPSA) is 42.4 Å². The van der Waals surface area contributed by atoms with Crippen molar-refractivity contribution < 1.29 is 13.9 Å². The molecule has 2 aromatic rings. The molecule has 0 aliphatic rings. The normalized spacial score (nSPS) is 10.2. The molecule has 0 bridgehead atoms. The predicted octanol–water partition coefficient (Wildman–Crippen LogP) is 3.37. The highest BCUT2D eigenvalue weighted by molar-refractivity contribution is 6.30. The monoisotopic (exact) mass is 294 g/mol. The second-order valence-electron chi connectivity index (χ2n) is 4.26. The van der Waals surface area contributed by atoms with Gasteiger partial charge in [0.1, 0.15) is 11.6 Å². The van der Waals surface area contributed by atoms with E-state index < -0.39 is 5.82 Å². The lowest BCUT2D eigenvalue weighted by molar-refractivity contribution is 0.0827. The van der Waals surface area contributed by atoms with Crippen molar-refractivity contribution in [2.45, 2.75) is 0 Å². The van der Waals surface area contributed by atoms with Gasteiger partial charge in [-0.25, -0.2) is 9.37 Å². The number of halogens is 2. The number of aromatic nitrogens is 1. The van der Waals surface area contributed by atoms with Crippen LogP contribution in [0.4, 0.5) is 4.39 Å². The number of ether oxygens (including phenoxy) is 1. The molecule has 0 saturated carbocycles. The van der Waals surface area contributed by atoms with E-state index in [4.69, 9.17) is 16.3 Å². The Kier molecular flexibility index (Phi) is 4.20. The molecule has 0 radical (unpaired) electrons. The zero-order valence-corrected chi connectivity index (χ0v) is 11.7. The predicted molar refractivity (Wildman–Crippen MR) is 73.7 cm³/mol. The molecular formula is C14H12ClFN2O2. The van der Waals surface area contributed by atoms with Gasteiger partial charge in [0.05, 0.1) is 10.6 Å². The van der Waals surface area contributed by atoms with Crippen LogP contribution in [0, 0.1) is 5.82 Å². The lowest BCUT2D eigenvalue weighted by atomic mass is 10.2. The summed E-state index contributed by atoms with van der Waals surface area (Å²) in [6.45, 7) is 0. The van der Waals surface area contributed by atoms with E-state index in [1.54, 1.807) is 26.2 Å². The highest BCUT2D eigenvalue weighted by Gasteiger charge is 2.09. The number of amides is 1. The third-order valence-corrected chi connectivity index (χ3v) is 2.79. The highest BCUT2D eigenvalue weighted by Crippen LogP contribution is 2.25. The van der Waals surface area contributed by atoms with Crippen LogP contribution in [0.5, 0.6) is 11.6 Å². The molecule has 0 aliphatic heterocycles. The molecule has 0 atom stereocenters. The average Bonchev–Trinajstić information content (AvgIpc) is 2.43. The molecule has 104 valence electrons. The van der Waals surface area contributed by atoms with Crippen molar-refractivity contribution >= 4 is 17.5 Å². The molecule has 0 fully saturated rings. The minimum atomic E-state index is -0.515. The molecule has 4 nitrogen and oxygen atoms in total. The standard InChI is InChI=1S/C14H12ClFN2O2/c1-18(2)14(19)9-3-6-13(17-8-9)20-10-4-5-12(16)11(15)7-10/h3-8H,1-2H3. The molecule has 1 aromatic heterocycles. The van der Waals surface area contributed by atoms with Crippen LogP contribution in [-0.2, 0) is 0 Å². The van der Waals surface area contributed by atoms with Crippen molar-refractivity contribution in [3.63, 3.8) is 0 Å². The van der Waals surface area contributed by atoms with Crippen LogP contribution in [0.3, 0.4) is 0 Å². The van der Waals surface area contributed by atoms with Crippen molar-refractivity contribution in [3.8, 4) is 11.6 Å². The van der Waals surface area contributed by atoms with E-state index in [9.17, 15) is 9.18 Å².